The Morgan fingerprint density at radius 1 is 1.06 bits per heavy atom. The Morgan fingerprint density at radius 2 is 1.88 bits per heavy atom. The van der Waals surface area contributed by atoms with Gasteiger partial charge in [-0.1, -0.05) is 25.3 Å². The molecule has 1 aromatic carbocycles. The van der Waals surface area contributed by atoms with E-state index >= 15 is 0 Å². The monoisotopic (exact) mass is 464 g/mol. The summed E-state index contributed by atoms with van der Waals surface area (Å²) in [5, 5.41) is 4.49. The minimum absolute atomic E-state index is 0.0969. The second-order valence-corrected chi connectivity index (χ2v) is 9.57. The van der Waals surface area contributed by atoms with Gasteiger partial charge in [-0.3, -0.25) is 14.7 Å². The van der Waals surface area contributed by atoms with Gasteiger partial charge < -0.3 is 14.6 Å². The number of nitrogens with one attached hydrogen (secondary N) is 1. The van der Waals surface area contributed by atoms with Crippen LogP contribution in [0, 0.1) is 5.82 Å². The molecule has 3 aromatic rings. The van der Waals surface area contributed by atoms with Crippen molar-refractivity contribution in [1.82, 2.24) is 19.8 Å². The van der Waals surface area contributed by atoms with Crippen LogP contribution >= 0.6 is 0 Å². The lowest BCUT2D eigenvalue weighted by Gasteiger charge is -2.48. The van der Waals surface area contributed by atoms with E-state index in [0.29, 0.717) is 24.2 Å². The number of nitrogens with zero attached hydrogens (tertiary/aromatic N) is 3. The van der Waals surface area contributed by atoms with Crippen molar-refractivity contribution in [2.24, 2.45) is 0 Å². The van der Waals surface area contributed by atoms with Crippen molar-refractivity contribution in [2.75, 3.05) is 32.8 Å². The van der Waals surface area contributed by atoms with E-state index < -0.39 is 0 Å². The normalized spacial score (nSPS) is 18.9. The van der Waals surface area contributed by atoms with Gasteiger partial charge in [0.05, 0.1) is 31.0 Å². The Labute approximate surface area is 199 Å². The summed E-state index contributed by atoms with van der Waals surface area (Å²) in [5.41, 5.74) is 2.10. The molecule has 0 atom stereocenters. The lowest BCUT2D eigenvalue weighted by molar-refractivity contribution is -0.0369. The molecular weight excluding hydrogens is 431 g/mol. The summed E-state index contributed by atoms with van der Waals surface area (Å²) in [4.78, 5) is 20.5. The highest BCUT2D eigenvalue weighted by Crippen LogP contribution is 2.34. The van der Waals surface area contributed by atoms with E-state index in [0.717, 1.165) is 43.9 Å². The second kappa shape index (κ2) is 10.3. The first-order chi connectivity index (χ1) is 16.6. The van der Waals surface area contributed by atoms with Crippen LogP contribution in [0.3, 0.4) is 0 Å². The van der Waals surface area contributed by atoms with E-state index in [4.69, 9.17) is 4.74 Å². The molecule has 0 spiro atoms. The maximum atomic E-state index is 14.1. The number of ether oxygens (including phenoxy) is 1. The number of halogens is 1. The van der Waals surface area contributed by atoms with Gasteiger partial charge in [-0.05, 0) is 54.6 Å². The minimum atomic E-state index is -0.350. The number of aromatic nitrogens is 2. The molecule has 0 bridgehead atoms. The fraction of sp³-hybridized carbons (Fsp3) is 0.481. The van der Waals surface area contributed by atoms with Gasteiger partial charge in [-0.25, -0.2) is 4.39 Å². The molecule has 1 N–H and O–H groups in total. The molecular formula is C27H33FN4O2. The molecule has 2 aliphatic rings. The first-order valence-electron chi connectivity index (χ1n) is 12.4. The maximum absolute atomic E-state index is 14.1. The minimum Gasteiger partial charge on any atom is -0.379 e. The zero-order valence-corrected chi connectivity index (χ0v) is 19.6. The molecule has 1 aliphatic heterocycles. The van der Waals surface area contributed by atoms with Crippen molar-refractivity contribution in [2.45, 2.75) is 50.7 Å². The number of morpholine rings is 1. The Morgan fingerprint density at radius 3 is 2.65 bits per heavy atom. The fourth-order valence-corrected chi connectivity index (χ4v) is 5.62. The number of fused-ring (bicyclic) bond motifs is 1. The molecule has 7 heteroatoms. The first-order valence-corrected chi connectivity index (χ1v) is 12.4. The summed E-state index contributed by atoms with van der Waals surface area (Å²) in [6, 6.07) is 12.2. The molecule has 1 saturated carbocycles. The van der Waals surface area contributed by atoms with Crippen molar-refractivity contribution < 1.29 is 9.13 Å². The molecule has 0 unspecified atom stereocenters. The lowest BCUT2D eigenvalue weighted by Crippen LogP contribution is -2.59. The van der Waals surface area contributed by atoms with Gasteiger partial charge >= 0.3 is 0 Å². The molecule has 1 saturated heterocycles. The number of hydrogen-bond acceptors (Lipinski definition) is 5. The number of pyridine rings is 2. The SMILES string of the molecule is O=c1c(CNCC2(N3CCOCC3)CCCCC2)cc2ccc(F)cc2n1Cc1ccccn1. The maximum Gasteiger partial charge on any atom is 0.255 e. The summed E-state index contributed by atoms with van der Waals surface area (Å²) < 4.78 is 21.3. The van der Waals surface area contributed by atoms with Gasteiger partial charge in [-0.2, -0.15) is 0 Å². The van der Waals surface area contributed by atoms with Crippen molar-refractivity contribution >= 4 is 10.9 Å². The van der Waals surface area contributed by atoms with Crippen LogP contribution in [0.1, 0.15) is 43.4 Å². The first kappa shape index (κ1) is 23.1. The van der Waals surface area contributed by atoms with E-state index in [-0.39, 0.29) is 16.9 Å². The number of rotatable bonds is 7. The number of hydrogen-bond donors (Lipinski definition) is 1. The van der Waals surface area contributed by atoms with Gasteiger partial charge in [0.25, 0.3) is 5.56 Å². The van der Waals surface area contributed by atoms with Gasteiger partial charge in [-0.15, -0.1) is 0 Å². The highest BCUT2D eigenvalue weighted by Gasteiger charge is 2.38. The van der Waals surface area contributed by atoms with Crippen LogP contribution in [-0.4, -0.2) is 52.8 Å². The number of benzene rings is 1. The van der Waals surface area contributed by atoms with Crippen LogP contribution in [0.15, 0.2) is 53.5 Å². The van der Waals surface area contributed by atoms with Gasteiger partial charge in [0.1, 0.15) is 5.82 Å². The molecule has 1 aliphatic carbocycles. The van der Waals surface area contributed by atoms with E-state index in [1.165, 1.54) is 44.2 Å². The Kier molecular flexibility index (Phi) is 7.04. The van der Waals surface area contributed by atoms with Gasteiger partial charge in [0.15, 0.2) is 0 Å². The van der Waals surface area contributed by atoms with Crippen LogP contribution in [0.4, 0.5) is 4.39 Å². The molecule has 0 amide bonds. The molecule has 180 valence electrons. The van der Waals surface area contributed by atoms with Crippen LogP contribution in [-0.2, 0) is 17.8 Å². The van der Waals surface area contributed by atoms with Crippen LogP contribution < -0.4 is 10.9 Å². The van der Waals surface area contributed by atoms with E-state index in [1.807, 2.05) is 24.3 Å². The van der Waals surface area contributed by atoms with E-state index in [2.05, 4.69) is 15.2 Å². The Balaban J connectivity index is 1.40. The van der Waals surface area contributed by atoms with E-state index in [1.54, 1.807) is 16.8 Å². The Bertz CT molecular complexity index is 1170. The summed E-state index contributed by atoms with van der Waals surface area (Å²) in [5.74, 6) is -0.350. The summed E-state index contributed by atoms with van der Waals surface area (Å²) in [7, 11) is 0. The zero-order chi connectivity index (χ0) is 23.4. The van der Waals surface area contributed by atoms with Crippen molar-refractivity contribution in [1.29, 1.82) is 0 Å². The van der Waals surface area contributed by atoms with Crippen molar-refractivity contribution in [3.8, 4) is 0 Å². The smallest absolute Gasteiger partial charge is 0.255 e. The summed E-state index contributed by atoms with van der Waals surface area (Å²) >= 11 is 0. The largest absolute Gasteiger partial charge is 0.379 e. The quantitative estimate of drug-likeness (QED) is 0.578. The van der Waals surface area contributed by atoms with Crippen molar-refractivity contribution in [3.05, 3.63) is 76.1 Å². The third-order valence-electron chi connectivity index (χ3n) is 7.41. The molecule has 5 rings (SSSR count). The Hall–Kier alpha value is -2.61. The summed E-state index contributed by atoms with van der Waals surface area (Å²) in [6.07, 6.45) is 7.87. The second-order valence-electron chi connectivity index (χ2n) is 9.57. The van der Waals surface area contributed by atoms with Crippen LogP contribution in [0.25, 0.3) is 10.9 Å². The highest BCUT2D eigenvalue weighted by molar-refractivity contribution is 5.79. The van der Waals surface area contributed by atoms with Crippen LogP contribution in [0.5, 0.6) is 0 Å². The lowest BCUT2D eigenvalue weighted by atomic mass is 9.79. The molecule has 34 heavy (non-hydrogen) atoms. The van der Waals surface area contributed by atoms with Gasteiger partial charge in [0, 0.05) is 43.5 Å². The van der Waals surface area contributed by atoms with Gasteiger partial charge in [0.2, 0.25) is 0 Å². The zero-order valence-electron chi connectivity index (χ0n) is 19.6. The summed E-state index contributed by atoms with van der Waals surface area (Å²) in [6.45, 7) is 5.18. The molecule has 6 nitrogen and oxygen atoms in total. The topological polar surface area (TPSA) is 59.4 Å². The fourth-order valence-electron chi connectivity index (χ4n) is 5.62. The highest BCUT2D eigenvalue weighted by atomic mass is 19.1. The third kappa shape index (κ3) is 4.92. The predicted molar refractivity (Wildman–Crippen MR) is 131 cm³/mol. The third-order valence-corrected chi connectivity index (χ3v) is 7.41. The van der Waals surface area contributed by atoms with E-state index in [9.17, 15) is 9.18 Å². The molecule has 2 fully saturated rings. The predicted octanol–water partition coefficient (Wildman–Crippen LogP) is 3.71. The average Bonchev–Trinajstić information content (AvgIpc) is 2.88. The van der Waals surface area contributed by atoms with Crippen molar-refractivity contribution in [3.63, 3.8) is 0 Å². The molecule has 0 radical (unpaired) electrons. The average molecular weight is 465 g/mol. The molecule has 3 heterocycles. The van der Waals surface area contributed by atoms with Crippen LogP contribution in [0.2, 0.25) is 0 Å². The molecule has 2 aromatic heterocycles. The standard InChI is InChI=1S/C27H33FN4O2/c28-23-8-7-21-16-22(26(33)32(25(21)17-23)19-24-6-2-5-11-30-24)18-29-20-27(9-3-1-4-10-27)31-12-14-34-15-13-31/h2,5-8,11,16-17,29H,1,3-4,9-10,12-15,18-20H2.